The van der Waals surface area contributed by atoms with Crippen LogP contribution in [-0.2, 0) is 0 Å². The number of anilines is 1. The number of carbonyl (C=O) groups excluding carboxylic acids is 1. The van der Waals surface area contributed by atoms with Gasteiger partial charge in [0.25, 0.3) is 0 Å². The molecule has 0 atom stereocenters. The number of nitrogen functional groups attached to an aromatic ring is 1. The van der Waals surface area contributed by atoms with Gasteiger partial charge in [0.05, 0.1) is 0 Å². The fraction of sp³-hybridized carbons (Fsp3) is 0. The van der Waals surface area contributed by atoms with Crippen LogP contribution in [0.25, 0.3) is 0 Å². The Morgan fingerprint density at radius 1 is 1.21 bits per heavy atom. The molecule has 1 heterocycles. The Kier molecular flexibility index (Phi) is 2.28. The van der Waals surface area contributed by atoms with Crippen molar-refractivity contribution in [3.63, 3.8) is 0 Å². The van der Waals surface area contributed by atoms with Crippen molar-refractivity contribution in [2.45, 2.75) is 0 Å². The first-order chi connectivity index (χ1) is 6.77. The van der Waals surface area contributed by atoms with E-state index < -0.39 is 0 Å². The van der Waals surface area contributed by atoms with Gasteiger partial charge in [-0.25, -0.2) is 0 Å². The Balaban J connectivity index is 2.33. The van der Waals surface area contributed by atoms with Gasteiger partial charge in [-0.2, -0.15) is 4.37 Å². The number of carbonyl (C=O) groups is 1. The summed E-state index contributed by atoms with van der Waals surface area (Å²) < 4.78 is 3.98. The molecule has 0 radical (unpaired) electrons. The molecule has 1 aromatic carbocycles. The Morgan fingerprint density at radius 2 is 1.93 bits per heavy atom. The molecule has 14 heavy (non-hydrogen) atoms. The zero-order chi connectivity index (χ0) is 9.97. The third-order valence-corrected chi connectivity index (χ3v) is 2.40. The summed E-state index contributed by atoms with van der Waals surface area (Å²) >= 11 is 1.27. The van der Waals surface area contributed by atoms with E-state index in [0.29, 0.717) is 16.9 Å². The maximum atomic E-state index is 11.7. The van der Waals surface area contributed by atoms with Crippen LogP contribution in [0.3, 0.4) is 0 Å². The number of hydrogen-bond acceptors (Lipinski definition) is 4. The number of rotatable bonds is 2. The molecule has 2 N–H and O–H groups in total. The fourth-order valence-corrected chi connectivity index (χ4v) is 1.62. The van der Waals surface area contributed by atoms with Crippen molar-refractivity contribution in [3.05, 3.63) is 47.0 Å². The van der Waals surface area contributed by atoms with E-state index in [-0.39, 0.29) is 5.78 Å². The number of ketones is 1. The van der Waals surface area contributed by atoms with Gasteiger partial charge in [-0.15, -0.1) is 0 Å². The van der Waals surface area contributed by atoms with Crippen LogP contribution in [0.15, 0.2) is 35.7 Å². The van der Waals surface area contributed by atoms with Gasteiger partial charge in [-0.1, -0.05) is 0 Å². The Hall–Kier alpha value is -1.68. The van der Waals surface area contributed by atoms with Crippen molar-refractivity contribution in [2.75, 3.05) is 5.73 Å². The molecule has 70 valence electrons. The Labute approximate surface area is 85.4 Å². The highest BCUT2D eigenvalue weighted by Crippen LogP contribution is 2.11. The Morgan fingerprint density at radius 3 is 2.50 bits per heavy atom. The minimum atomic E-state index is -0.0637. The molecule has 0 saturated carbocycles. The average molecular weight is 204 g/mol. The molecule has 4 heteroatoms. The van der Waals surface area contributed by atoms with Crippen molar-refractivity contribution >= 4 is 23.0 Å². The predicted octanol–water partition coefficient (Wildman–Crippen LogP) is 1.96. The maximum absolute atomic E-state index is 11.7. The second kappa shape index (κ2) is 3.59. The van der Waals surface area contributed by atoms with Crippen LogP contribution < -0.4 is 5.73 Å². The first-order valence-electron chi connectivity index (χ1n) is 4.08. The van der Waals surface area contributed by atoms with Gasteiger partial charge in [0.2, 0.25) is 5.78 Å². The van der Waals surface area contributed by atoms with E-state index in [0.717, 1.165) is 0 Å². The van der Waals surface area contributed by atoms with Gasteiger partial charge < -0.3 is 5.73 Å². The van der Waals surface area contributed by atoms with Crippen LogP contribution in [0.4, 0.5) is 5.69 Å². The second-order valence-corrected chi connectivity index (χ2v) is 3.50. The number of nitrogens with zero attached hydrogens (tertiary/aromatic N) is 1. The van der Waals surface area contributed by atoms with E-state index in [4.69, 9.17) is 5.73 Å². The molecule has 1 aromatic heterocycles. The molecule has 3 nitrogen and oxygen atoms in total. The predicted molar refractivity (Wildman–Crippen MR) is 56.4 cm³/mol. The summed E-state index contributed by atoms with van der Waals surface area (Å²) in [6.07, 6.45) is 0. The van der Waals surface area contributed by atoms with Crippen molar-refractivity contribution in [1.82, 2.24) is 4.37 Å². The molecule has 0 fully saturated rings. The molecule has 2 rings (SSSR count). The molecule has 0 bridgehead atoms. The molecule has 2 aromatic rings. The van der Waals surface area contributed by atoms with Crippen molar-refractivity contribution < 1.29 is 4.79 Å². The van der Waals surface area contributed by atoms with E-state index >= 15 is 0 Å². The number of hydrogen-bond donors (Lipinski definition) is 1. The van der Waals surface area contributed by atoms with Crippen molar-refractivity contribution in [1.29, 1.82) is 0 Å². The molecule has 0 unspecified atom stereocenters. The standard InChI is InChI=1S/C10H8N2OS/c11-8-3-1-7(2-4-8)10(13)9-5-6-14-12-9/h1-6H,11H2. The molecule has 0 aliphatic carbocycles. The van der Waals surface area contributed by atoms with Gasteiger partial charge in [0, 0.05) is 16.6 Å². The average Bonchev–Trinajstić information content (AvgIpc) is 2.71. The molecule has 0 amide bonds. The van der Waals surface area contributed by atoms with Crippen LogP contribution in [0, 0.1) is 0 Å². The van der Waals surface area contributed by atoms with E-state index in [1.54, 1.807) is 35.7 Å². The topological polar surface area (TPSA) is 56.0 Å². The van der Waals surface area contributed by atoms with Gasteiger partial charge >= 0.3 is 0 Å². The third kappa shape index (κ3) is 1.65. The summed E-state index contributed by atoms with van der Waals surface area (Å²) in [7, 11) is 0. The third-order valence-electron chi connectivity index (χ3n) is 1.84. The van der Waals surface area contributed by atoms with Crippen molar-refractivity contribution in [2.24, 2.45) is 0 Å². The first-order valence-corrected chi connectivity index (χ1v) is 4.91. The molecule has 0 saturated heterocycles. The first kappa shape index (κ1) is 8.90. The zero-order valence-corrected chi connectivity index (χ0v) is 8.12. The summed E-state index contributed by atoms with van der Waals surface area (Å²) in [6, 6.07) is 8.54. The largest absolute Gasteiger partial charge is 0.399 e. The molecule has 0 aliphatic heterocycles. The summed E-state index contributed by atoms with van der Waals surface area (Å²) in [5.41, 5.74) is 7.27. The molecule has 0 aliphatic rings. The lowest BCUT2D eigenvalue weighted by Gasteiger charge is -1.97. The van der Waals surface area contributed by atoms with E-state index in [1.165, 1.54) is 11.5 Å². The quantitative estimate of drug-likeness (QED) is 0.601. The number of benzene rings is 1. The van der Waals surface area contributed by atoms with Crippen LogP contribution in [0.2, 0.25) is 0 Å². The normalized spacial score (nSPS) is 10.0. The molecule has 0 spiro atoms. The lowest BCUT2D eigenvalue weighted by Crippen LogP contribution is -2.01. The van der Waals surface area contributed by atoms with E-state index in [1.807, 2.05) is 0 Å². The van der Waals surface area contributed by atoms with Gasteiger partial charge in [-0.05, 0) is 41.9 Å². The van der Waals surface area contributed by atoms with Crippen LogP contribution in [0.5, 0.6) is 0 Å². The highest BCUT2D eigenvalue weighted by Gasteiger charge is 2.09. The smallest absolute Gasteiger partial charge is 0.212 e. The van der Waals surface area contributed by atoms with Crippen molar-refractivity contribution in [3.8, 4) is 0 Å². The maximum Gasteiger partial charge on any atom is 0.212 e. The minimum absolute atomic E-state index is 0.0637. The highest BCUT2D eigenvalue weighted by molar-refractivity contribution is 7.03. The van der Waals surface area contributed by atoms with Gasteiger partial charge in [-0.3, -0.25) is 4.79 Å². The summed E-state index contributed by atoms with van der Waals surface area (Å²) in [6.45, 7) is 0. The minimum Gasteiger partial charge on any atom is -0.399 e. The van der Waals surface area contributed by atoms with Crippen LogP contribution in [-0.4, -0.2) is 10.2 Å². The summed E-state index contributed by atoms with van der Waals surface area (Å²) in [5.74, 6) is -0.0637. The SMILES string of the molecule is Nc1ccc(C(=O)c2ccsn2)cc1. The van der Waals surface area contributed by atoms with Gasteiger partial charge in [0.1, 0.15) is 5.69 Å². The van der Waals surface area contributed by atoms with Crippen LogP contribution >= 0.6 is 11.5 Å². The zero-order valence-electron chi connectivity index (χ0n) is 7.31. The molecular weight excluding hydrogens is 196 g/mol. The Bertz CT molecular complexity index is 434. The second-order valence-electron chi connectivity index (χ2n) is 2.84. The summed E-state index contributed by atoms with van der Waals surface area (Å²) in [4.78, 5) is 11.7. The lowest BCUT2D eigenvalue weighted by molar-refractivity contribution is 0.103. The summed E-state index contributed by atoms with van der Waals surface area (Å²) in [5, 5.41) is 1.78. The fourth-order valence-electron chi connectivity index (χ4n) is 1.11. The number of nitrogens with two attached hydrogens (primary N) is 1. The van der Waals surface area contributed by atoms with Gasteiger partial charge in [0.15, 0.2) is 0 Å². The van der Waals surface area contributed by atoms with E-state index in [2.05, 4.69) is 4.37 Å². The van der Waals surface area contributed by atoms with Crippen LogP contribution in [0.1, 0.15) is 16.1 Å². The molecular formula is C10H8N2OS. The monoisotopic (exact) mass is 204 g/mol. The number of aromatic nitrogens is 1. The highest BCUT2D eigenvalue weighted by atomic mass is 32.1. The van der Waals surface area contributed by atoms with E-state index in [9.17, 15) is 4.79 Å². The lowest BCUT2D eigenvalue weighted by atomic mass is 10.1.